The number of hydrogen-bond acceptors (Lipinski definition) is 6. The molecular weight excluding hydrogens is 414 g/mol. The summed E-state index contributed by atoms with van der Waals surface area (Å²) in [5.74, 6) is 1.94. The summed E-state index contributed by atoms with van der Waals surface area (Å²) in [5, 5.41) is 23.0. The average molecular weight is 440 g/mol. The Balaban J connectivity index is 1.36. The molecule has 0 saturated carbocycles. The van der Waals surface area contributed by atoms with Gasteiger partial charge in [-0.15, -0.1) is 0 Å². The Bertz CT molecular complexity index is 1250. The lowest BCUT2D eigenvalue weighted by atomic mass is 9.82. The fraction of sp³-hybridized carbons (Fsp3) is 0.296. The van der Waals surface area contributed by atoms with Gasteiger partial charge in [-0.3, -0.25) is 4.90 Å². The minimum Gasteiger partial charge on any atom is -0.454 e. The van der Waals surface area contributed by atoms with Crippen LogP contribution < -0.4 is 14.8 Å². The van der Waals surface area contributed by atoms with E-state index in [1.165, 1.54) is 11.1 Å². The minimum atomic E-state index is 0.0389. The molecule has 0 spiro atoms. The highest BCUT2D eigenvalue weighted by Crippen LogP contribution is 2.48. The maximum atomic E-state index is 10.1. The van der Waals surface area contributed by atoms with Crippen LogP contribution in [0.2, 0.25) is 0 Å². The number of nitriles is 1. The van der Waals surface area contributed by atoms with E-state index in [-0.39, 0.29) is 25.5 Å². The summed E-state index contributed by atoms with van der Waals surface area (Å²) in [5.41, 5.74) is 6.32. The largest absolute Gasteiger partial charge is 0.454 e. The molecular formula is C27H25N3O3. The third-order valence-corrected chi connectivity index (χ3v) is 7.12. The smallest absolute Gasteiger partial charge is 0.231 e. The van der Waals surface area contributed by atoms with Gasteiger partial charge in [0.15, 0.2) is 11.5 Å². The zero-order valence-corrected chi connectivity index (χ0v) is 18.2. The molecule has 3 aliphatic rings. The molecule has 3 aliphatic heterocycles. The van der Waals surface area contributed by atoms with Crippen LogP contribution >= 0.6 is 0 Å². The van der Waals surface area contributed by atoms with Gasteiger partial charge >= 0.3 is 0 Å². The van der Waals surface area contributed by atoms with Gasteiger partial charge in [-0.05, 0) is 71.6 Å². The van der Waals surface area contributed by atoms with Crippen molar-refractivity contribution in [3.05, 3.63) is 77.4 Å². The predicted molar refractivity (Wildman–Crippen MR) is 125 cm³/mol. The first-order valence-corrected chi connectivity index (χ1v) is 11.4. The highest BCUT2D eigenvalue weighted by molar-refractivity contribution is 5.71. The second-order valence-electron chi connectivity index (χ2n) is 8.98. The number of ether oxygens (including phenoxy) is 2. The molecule has 3 aromatic carbocycles. The normalized spacial score (nSPS) is 22.8. The zero-order valence-electron chi connectivity index (χ0n) is 18.2. The highest BCUT2D eigenvalue weighted by Gasteiger charge is 2.43. The van der Waals surface area contributed by atoms with Crippen molar-refractivity contribution < 1.29 is 14.6 Å². The Morgan fingerprint density at radius 1 is 1.03 bits per heavy atom. The van der Waals surface area contributed by atoms with Crippen LogP contribution in [0, 0.1) is 17.2 Å². The van der Waals surface area contributed by atoms with Gasteiger partial charge in [-0.1, -0.05) is 24.3 Å². The maximum absolute atomic E-state index is 10.1. The highest BCUT2D eigenvalue weighted by atomic mass is 16.7. The lowest BCUT2D eigenvalue weighted by Crippen LogP contribution is -2.41. The fourth-order valence-electron chi connectivity index (χ4n) is 5.56. The number of hydrogen-bond donors (Lipinski definition) is 2. The monoisotopic (exact) mass is 439 g/mol. The number of rotatable bonds is 4. The number of anilines is 1. The van der Waals surface area contributed by atoms with Crippen LogP contribution in [0.5, 0.6) is 11.5 Å². The van der Waals surface area contributed by atoms with E-state index in [1.54, 1.807) is 0 Å². The van der Waals surface area contributed by atoms with Crippen molar-refractivity contribution in [1.29, 1.82) is 5.26 Å². The van der Waals surface area contributed by atoms with E-state index in [2.05, 4.69) is 46.6 Å². The van der Waals surface area contributed by atoms with Crippen molar-refractivity contribution in [3.63, 3.8) is 0 Å². The molecule has 1 saturated heterocycles. The van der Waals surface area contributed by atoms with Crippen molar-refractivity contribution in [2.75, 3.05) is 25.3 Å². The molecule has 0 aliphatic carbocycles. The van der Waals surface area contributed by atoms with E-state index in [9.17, 15) is 10.4 Å². The van der Waals surface area contributed by atoms with Gasteiger partial charge < -0.3 is 19.9 Å². The van der Waals surface area contributed by atoms with Crippen LogP contribution in [-0.2, 0) is 6.54 Å². The fourth-order valence-corrected chi connectivity index (χ4v) is 5.56. The number of nitrogens with one attached hydrogen (secondary N) is 1. The van der Waals surface area contributed by atoms with E-state index in [0.717, 1.165) is 47.8 Å². The minimum absolute atomic E-state index is 0.0389. The summed E-state index contributed by atoms with van der Waals surface area (Å²) in [6.07, 6.45) is 1.03. The summed E-state index contributed by atoms with van der Waals surface area (Å²) < 4.78 is 11.0. The van der Waals surface area contributed by atoms with Crippen LogP contribution in [0.4, 0.5) is 5.69 Å². The number of fused-ring (bicyclic) bond motifs is 4. The Labute approximate surface area is 193 Å². The lowest BCUT2D eigenvalue weighted by molar-refractivity contribution is 0.171. The molecule has 0 bridgehead atoms. The molecule has 1 fully saturated rings. The standard InChI is InChI=1S/C27H25N3O3/c28-13-17-2-1-3-19(10-17)20-5-6-23-22(12-20)27-21(24(15-31)29-23)8-9-30(27)14-18-4-7-25-26(11-18)33-16-32-25/h1-7,10-12,21,24,27,29,31H,8-9,14-16H2/t21-,24+,27-/m0/s1. The van der Waals surface area contributed by atoms with Gasteiger partial charge in [0.2, 0.25) is 6.79 Å². The van der Waals surface area contributed by atoms with Crippen LogP contribution in [0.25, 0.3) is 11.1 Å². The summed E-state index contributed by atoms with van der Waals surface area (Å²) in [4.78, 5) is 2.51. The van der Waals surface area contributed by atoms with Gasteiger partial charge in [-0.25, -0.2) is 0 Å². The van der Waals surface area contributed by atoms with Gasteiger partial charge in [-0.2, -0.15) is 5.26 Å². The topological polar surface area (TPSA) is 77.8 Å². The number of aliphatic hydroxyl groups excluding tert-OH is 1. The Morgan fingerprint density at radius 3 is 2.79 bits per heavy atom. The van der Waals surface area contributed by atoms with Crippen LogP contribution in [-0.4, -0.2) is 36.0 Å². The third kappa shape index (κ3) is 3.50. The second-order valence-corrected chi connectivity index (χ2v) is 8.98. The summed E-state index contributed by atoms with van der Waals surface area (Å²) in [7, 11) is 0. The Hall–Kier alpha value is -3.53. The summed E-state index contributed by atoms with van der Waals surface area (Å²) >= 11 is 0. The molecule has 6 rings (SSSR count). The van der Waals surface area contributed by atoms with E-state index in [1.807, 2.05) is 30.3 Å². The molecule has 0 radical (unpaired) electrons. The quantitative estimate of drug-likeness (QED) is 0.631. The van der Waals surface area contributed by atoms with Crippen molar-refractivity contribution >= 4 is 5.69 Å². The van der Waals surface area contributed by atoms with Crippen molar-refractivity contribution in [3.8, 4) is 28.7 Å². The van der Waals surface area contributed by atoms with Crippen LogP contribution in [0.15, 0.2) is 60.7 Å². The molecule has 3 heterocycles. The van der Waals surface area contributed by atoms with Crippen molar-refractivity contribution in [2.24, 2.45) is 5.92 Å². The van der Waals surface area contributed by atoms with Gasteiger partial charge in [0, 0.05) is 24.2 Å². The average Bonchev–Trinajstić information content (AvgIpc) is 3.50. The molecule has 6 nitrogen and oxygen atoms in total. The first kappa shape index (κ1) is 20.1. The maximum Gasteiger partial charge on any atom is 0.231 e. The van der Waals surface area contributed by atoms with Gasteiger partial charge in [0.05, 0.1) is 24.3 Å². The molecule has 6 heteroatoms. The van der Waals surface area contributed by atoms with Crippen molar-refractivity contribution in [2.45, 2.75) is 25.0 Å². The number of aliphatic hydroxyl groups is 1. The predicted octanol–water partition coefficient (Wildman–Crippen LogP) is 4.30. The zero-order chi connectivity index (χ0) is 22.4. The molecule has 3 atom stereocenters. The lowest BCUT2D eigenvalue weighted by Gasteiger charge is -2.39. The van der Waals surface area contributed by atoms with E-state index in [0.29, 0.717) is 11.5 Å². The Morgan fingerprint density at radius 2 is 1.91 bits per heavy atom. The molecule has 0 unspecified atom stereocenters. The molecule has 0 amide bonds. The summed E-state index contributed by atoms with van der Waals surface area (Å²) in [6.45, 7) is 2.17. The molecule has 3 aromatic rings. The van der Waals surface area contributed by atoms with Crippen LogP contribution in [0.3, 0.4) is 0 Å². The Kier molecular flexibility index (Phi) is 4.94. The second kappa shape index (κ2) is 8.11. The number of benzene rings is 3. The first-order chi connectivity index (χ1) is 16.2. The number of likely N-dealkylation sites (tertiary alicyclic amines) is 1. The van der Waals surface area contributed by atoms with E-state index < -0.39 is 0 Å². The summed E-state index contributed by atoms with van der Waals surface area (Å²) in [6, 6.07) is 22.8. The van der Waals surface area contributed by atoms with Crippen LogP contribution in [0.1, 0.15) is 29.2 Å². The molecule has 0 aromatic heterocycles. The van der Waals surface area contributed by atoms with Crippen molar-refractivity contribution in [1.82, 2.24) is 4.90 Å². The third-order valence-electron chi connectivity index (χ3n) is 7.12. The first-order valence-electron chi connectivity index (χ1n) is 11.4. The molecule has 2 N–H and O–H groups in total. The van der Waals surface area contributed by atoms with Gasteiger partial charge in [0.1, 0.15) is 0 Å². The molecule has 33 heavy (non-hydrogen) atoms. The molecule has 166 valence electrons. The number of nitrogens with zero attached hydrogens (tertiary/aromatic N) is 2. The SMILES string of the molecule is N#Cc1cccc(-c2ccc3c(c2)[C@@H]2[C@@H](CCN2Cc2ccc4c(c2)OCO4)[C@@H](CO)N3)c1. The van der Waals surface area contributed by atoms with E-state index >= 15 is 0 Å². The van der Waals surface area contributed by atoms with E-state index in [4.69, 9.17) is 9.47 Å². The van der Waals surface area contributed by atoms with Gasteiger partial charge in [0.25, 0.3) is 0 Å².